The van der Waals surface area contributed by atoms with Crippen molar-refractivity contribution >= 4 is 49.1 Å². The summed E-state index contributed by atoms with van der Waals surface area (Å²) in [5, 5.41) is 4.15. The third-order valence-electron chi connectivity index (χ3n) is 4.62. The van der Waals surface area contributed by atoms with E-state index in [4.69, 9.17) is 10.5 Å². The van der Waals surface area contributed by atoms with Gasteiger partial charge in [-0.1, -0.05) is 11.3 Å². The number of nitrogen functional groups attached to an aromatic ring is 1. The van der Waals surface area contributed by atoms with Gasteiger partial charge in [-0.2, -0.15) is 0 Å². The zero-order valence-electron chi connectivity index (χ0n) is 15.6. The maximum Gasteiger partial charge on any atom is 0.240 e. The third kappa shape index (κ3) is 4.58. The van der Waals surface area contributed by atoms with E-state index in [2.05, 4.69) is 25.1 Å². The number of methoxy groups -OCH3 is 1. The fraction of sp³-hybridized carbons (Fsp3) is 0.389. The second-order valence-corrected chi connectivity index (χ2v) is 8.80. The molecule has 1 saturated heterocycles. The molecule has 0 unspecified atom stereocenters. The maximum absolute atomic E-state index is 12.4. The van der Waals surface area contributed by atoms with E-state index in [0.29, 0.717) is 16.8 Å². The molecule has 3 N–H and O–H groups in total. The van der Waals surface area contributed by atoms with Crippen molar-refractivity contribution in [2.75, 3.05) is 50.9 Å². The topological polar surface area (TPSA) is 96.6 Å². The number of fused-ring (bicyclic) bond motifs is 1. The number of nitrogens with one attached hydrogen (secondary N) is 1. The average molecular weight is 419 g/mol. The number of aromatic nitrogens is 2. The van der Waals surface area contributed by atoms with Gasteiger partial charge >= 0.3 is 0 Å². The van der Waals surface area contributed by atoms with Crippen molar-refractivity contribution in [3.05, 3.63) is 29.3 Å². The van der Waals surface area contributed by atoms with Gasteiger partial charge in [0.15, 0.2) is 10.3 Å². The predicted molar refractivity (Wildman–Crippen MR) is 113 cm³/mol. The monoisotopic (exact) mass is 418 g/mol. The Kier molecular flexibility index (Phi) is 5.72. The minimum absolute atomic E-state index is 0.0327. The number of hydrogen-bond acceptors (Lipinski definition) is 9. The molecule has 3 aromatic rings. The third-order valence-corrected chi connectivity index (χ3v) is 6.37. The van der Waals surface area contributed by atoms with E-state index in [1.807, 2.05) is 24.4 Å². The van der Waals surface area contributed by atoms with Crippen LogP contribution in [0, 0.1) is 0 Å². The van der Waals surface area contributed by atoms with Gasteiger partial charge < -0.3 is 15.8 Å². The second kappa shape index (κ2) is 8.39. The highest BCUT2D eigenvalue weighted by atomic mass is 32.1. The van der Waals surface area contributed by atoms with Crippen LogP contribution in [-0.2, 0) is 11.3 Å². The first-order valence-corrected chi connectivity index (χ1v) is 10.6. The van der Waals surface area contributed by atoms with Crippen molar-refractivity contribution in [1.29, 1.82) is 0 Å². The summed E-state index contributed by atoms with van der Waals surface area (Å²) in [6.45, 7) is 4.81. The Hall–Kier alpha value is -2.27. The SMILES string of the molecule is COc1ccc2nc(NC(=O)CN3CCN(Cc4cnc(N)s4)CC3)sc2c1. The minimum atomic E-state index is -0.0327. The number of benzene rings is 1. The lowest BCUT2D eigenvalue weighted by Gasteiger charge is -2.33. The molecule has 2 aromatic heterocycles. The number of ether oxygens (including phenoxy) is 1. The summed E-state index contributed by atoms with van der Waals surface area (Å²) < 4.78 is 6.22. The van der Waals surface area contributed by atoms with Crippen LogP contribution < -0.4 is 15.8 Å². The van der Waals surface area contributed by atoms with Crippen molar-refractivity contribution in [1.82, 2.24) is 19.8 Å². The Balaban J connectivity index is 1.26. The van der Waals surface area contributed by atoms with Gasteiger partial charge in [0, 0.05) is 43.8 Å². The molecule has 0 radical (unpaired) electrons. The Morgan fingerprint density at radius 2 is 2.04 bits per heavy atom. The number of hydrogen-bond donors (Lipinski definition) is 2. The van der Waals surface area contributed by atoms with E-state index in [9.17, 15) is 4.79 Å². The van der Waals surface area contributed by atoms with Crippen molar-refractivity contribution in [2.45, 2.75) is 6.54 Å². The van der Waals surface area contributed by atoms with Gasteiger partial charge in [-0.05, 0) is 18.2 Å². The molecule has 8 nitrogen and oxygen atoms in total. The van der Waals surface area contributed by atoms with E-state index in [1.54, 1.807) is 7.11 Å². The molecular formula is C18H22N6O2S2. The number of nitrogens with two attached hydrogens (primary N) is 1. The summed E-state index contributed by atoms with van der Waals surface area (Å²) in [6, 6.07) is 5.70. The first-order valence-electron chi connectivity index (χ1n) is 8.98. The van der Waals surface area contributed by atoms with E-state index in [-0.39, 0.29) is 5.91 Å². The molecule has 0 aliphatic carbocycles. The highest BCUT2D eigenvalue weighted by molar-refractivity contribution is 7.22. The molecule has 1 amide bonds. The van der Waals surface area contributed by atoms with Crippen LogP contribution in [0.3, 0.4) is 0 Å². The molecule has 4 rings (SSSR count). The molecule has 1 aliphatic heterocycles. The smallest absolute Gasteiger partial charge is 0.240 e. The number of carbonyl (C=O) groups is 1. The minimum Gasteiger partial charge on any atom is -0.497 e. The molecule has 1 fully saturated rings. The summed E-state index contributed by atoms with van der Waals surface area (Å²) >= 11 is 2.99. The lowest BCUT2D eigenvalue weighted by molar-refractivity contribution is -0.117. The van der Waals surface area contributed by atoms with E-state index >= 15 is 0 Å². The fourth-order valence-corrected chi connectivity index (χ4v) is 4.81. The number of carbonyl (C=O) groups excluding carboxylic acids is 1. The first-order chi connectivity index (χ1) is 13.6. The van der Waals surface area contributed by atoms with E-state index in [1.165, 1.54) is 27.6 Å². The Morgan fingerprint density at radius 3 is 2.75 bits per heavy atom. The summed E-state index contributed by atoms with van der Waals surface area (Å²) in [7, 11) is 1.64. The number of anilines is 2. The molecule has 28 heavy (non-hydrogen) atoms. The summed E-state index contributed by atoms with van der Waals surface area (Å²) in [6.07, 6.45) is 1.84. The van der Waals surface area contributed by atoms with Crippen molar-refractivity contribution in [3.8, 4) is 5.75 Å². The van der Waals surface area contributed by atoms with Crippen LogP contribution in [0.25, 0.3) is 10.2 Å². The Bertz CT molecular complexity index is 964. The molecule has 0 spiro atoms. The lowest BCUT2D eigenvalue weighted by atomic mass is 10.3. The van der Waals surface area contributed by atoms with Gasteiger partial charge in [0.2, 0.25) is 5.91 Å². The molecule has 0 saturated carbocycles. The standard InChI is InChI=1S/C18H22N6O2S2/c1-26-12-2-3-14-15(8-12)28-18(21-14)22-16(25)11-24-6-4-23(5-7-24)10-13-9-20-17(19)27-13/h2-3,8-9H,4-7,10-11H2,1H3,(H2,19,20)(H,21,22,25). The van der Waals surface area contributed by atoms with Crippen LogP contribution in [0.2, 0.25) is 0 Å². The highest BCUT2D eigenvalue weighted by Crippen LogP contribution is 2.29. The Labute approximate surface area is 170 Å². The Morgan fingerprint density at radius 1 is 1.25 bits per heavy atom. The zero-order chi connectivity index (χ0) is 19.5. The molecule has 10 heteroatoms. The van der Waals surface area contributed by atoms with Crippen molar-refractivity contribution in [2.24, 2.45) is 0 Å². The van der Waals surface area contributed by atoms with Crippen LogP contribution in [0.1, 0.15) is 4.88 Å². The van der Waals surface area contributed by atoms with Crippen molar-refractivity contribution < 1.29 is 9.53 Å². The molecule has 3 heterocycles. The fourth-order valence-electron chi connectivity index (χ4n) is 3.17. The van der Waals surface area contributed by atoms with Crippen LogP contribution in [0.5, 0.6) is 5.75 Å². The van der Waals surface area contributed by atoms with Gasteiger partial charge in [0.25, 0.3) is 0 Å². The quantitative estimate of drug-likeness (QED) is 0.633. The number of amides is 1. The van der Waals surface area contributed by atoms with E-state index < -0.39 is 0 Å². The van der Waals surface area contributed by atoms with Crippen molar-refractivity contribution in [3.63, 3.8) is 0 Å². The van der Waals surface area contributed by atoms with Crippen LogP contribution in [-0.4, -0.2) is 65.5 Å². The zero-order valence-corrected chi connectivity index (χ0v) is 17.2. The molecule has 0 bridgehead atoms. The summed E-state index contributed by atoms with van der Waals surface area (Å²) in [4.78, 5) is 26.7. The second-order valence-electron chi connectivity index (χ2n) is 6.62. The number of thiazole rings is 2. The van der Waals surface area contributed by atoms with Crippen LogP contribution >= 0.6 is 22.7 Å². The molecule has 1 aliphatic rings. The van der Waals surface area contributed by atoms with Gasteiger partial charge in [-0.15, -0.1) is 11.3 Å². The number of piperazine rings is 1. The highest BCUT2D eigenvalue weighted by Gasteiger charge is 2.20. The number of rotatable bonds is 6. The molecule has 148 valence electrons. The maximum atomic E-state index is 12.4. The molecular weight excluding hydrogens is 396 g/mol. The van der Waals surface area contributed by atoms with E-state index in [0.717, 1.165) is 48.7 Å². The predicted octanol–water partition coefficient (Wildman–Crippen LogP) is 2.10. The molecule has 1 aromatic carbocycles. The summed E-state index contributed by atoms with van der Waals surface area (Å²) in [5.74, 6) is 0.752. The molecule has 0 atom stereocenters. The average Bonchev–Trinajstić information content (AvgIpc) is 3.27. The van der Waals surface area contributed by atoms with Gasteiger partial charge in [-0.3, -0.25) is 14.6 Å². The largest absolute Gasteiger partial charge is 0.497 e. The lowest BCUT2D eigenvalue weighted by Crippen LogP contribution is -2.48. The van der Waals surface area contributed by atoms with Gasteiger partial charge in [0.05, 0.1) is 23.9 Å². The van der Waals surface area contributed by atoms with Gasteiger partial charge in [-0.25, -0.2) is 9.97 Å². The summed E-state index contributed by atoms with van der Waals surface area (Å²) in [5.41, 5.74) is 6.55. The number of nitrogens with zero attached hydrogens (tertiary/aromatic N) is 4. The normalized spacial score (nSPS) is 15.8. The van der Waals surface area contributed by atoms with Gasteiger partial charge in [0.1, 0.15) is 5.75 Å². The van der Waals surface area contributed by atoms with Crippen LogP contribution in [0.4, 0.5) is 10.3 Å². The van der Waals surface area contributed by atoms with Crippen LogP contribution in [0.15, 0.2) is 24.4 Å². The first kappa shape index (κ1) is 19.1.